The van der Waals surface area contributed by atoms with Gasteiger partial charge in [-0.25, -0.2) is 0 Å². The zero-order valence-electron chi connectivity index (χ0n) is 16.0. The summed E-state index contributed by atoms with van der Waals surface area (Å²) < 4.78 is 0. The number of rotatable bonds is 4. The van der Waals surface area contributed by atoms with Gasteiger partial charge in [0, 0.05) is 26.8 Å². The van der Waals surface area contributed by atoms with Crippen molar-refractivity contribution in [3.05, 3.63) is 114 Å². The van der Waals surface area contributed by atoms with E-state index in [1.165, 1.54) is 5.92 Å². The second-order valence-electron chi connectivity index (χ2n) is 7.36. The van der Waals surface area contributed by atoms with Crippen LogP contribution < -0.4 is 0 Å². The quantitative estimate of drug-likeness (QED) is 0.303. The Morgan fingerprint density at radius 3 is 2.00 bits per heavy atom. The molecule has 0 bridgehead atoms. The Morgan fingerprint density at radius 2 is 1.38 bits per heavy atom. The molecule has 1 fully saturated rings. The molecule has 2 nitrogen and oxygen atoms in total. The molecule has 3 heteroatoms. The SMILES string of the molecule is CC1(c2cccc(-c3[c-]cccc3)n2)C[C-]1c1cccc(-c2[c-]cccc2)n1.[Pt]. The van der Waals surface area contributed by atoms with Crippen LogP contribution in [0.1, 0.15) is 24.7 Å². The number of aromatic nitrogens is 2. The fourth-order valence-electron chi connectivity index (χ4n) is 3.68. The predicted molar refractivity (Wildman–Crippen MR) is 111 cm³/mol. The van der Waals surface area contributed by atoms with Crippen molar-refractivity contribution in [1.29, 1.82) is 0 Å². The van der Waals surface area contributed by atoms with Crippen molar-refractivity contribution >= 4 is 0 Å². The van der Waals surface area contributed by atoms with Gasteiger partial charge in [0.15, 0.2) is 0 Å². The third-order valence-corrected chi connectivity index (χ3v) is 5.41. The van der Waals surface area contributed by atoms with Crippen LogP contribution in [0.25, 0.3) is 22.5 Å². The van der Waals surface area contributed by atoms with E-state index in [4.69, 9.17) is 9.97 Å². The Kier molecular flexibility index (Phi) is 5.39. The molecule has 0 aliphatic heterocycles. The summed E-state index contributed by atoms with van der Waals surface area (Å²) in [6, 6.07) is 34.9. The zero-order valence-corrected chi connectivity index (χ0v) is 18.3. The van der Waals surface area contributed by atoms with Crippen molar-refractivity contribution in [2.24, 2.45) is 0 Å². The van der Waals surface area contributed by atoms with Gasteiger partial charge in [0.1, 0.15) is 0 Å². The minimum atomic E-state index is -0.0587. The van der Waals surface area contributed by atoms with E-state index in [0.29, 0.717) is 0 Å². The summed E-state index contributed by atoms with van der Waals surface area (Å²) in [6.07, 6.45) is 0.983. The van der Waals surface area contributed by atoms with Gasteiger partial charge >= 0.3 is 0 Å². The molecule has 0 N–H and O–H groups in total. The minimum absolute atomic E-state index is 0. The first kappa shape index (κ1) is 19.6. The molecule has 1 aliphatic rings. The number of benzene rings is 2. The average molecular weight is 555 g/mol. The molecule has 2 aromatic heterocycles. The van der Waals surface area contributed by atoms with Gasteiger partial charge in [0.25, 0.3) is 0 Å². The number of pyridine rings is 2. The Balaban J connectivity index is 0.00000205. The van der Waals surface area contributed by atoms with E-state index in [-0.39, 0.29) is 26.5 Å². The van der Waals surface area contributed by atoms with Crippen LogP contribution in [0.3, 0.4) is 0 Å². The smallest absolute Gasteiger partial charge is 0.0218 e. The third kappa shape index (κ3) is 3.78. The van der Waals surface area contributed by atoms with Crippen molar-refractivity contribution < 1.29 is 21.1 Å². The van der Waals surface area contributed by atoms with Gasteiger partial charge in [-0.05, 0) is 22.9 Å². The average Bonchev–Trinajstić information content (AvgIpc) is 3.48. The first-order chi connectivity index (χ1) is 13.7. The van der Waals surface area contributed by atoms with Crippen LogP contribution in [0.4, 0.5) is 0 Å². The molecule has 0 spiro atoms. The first-order valence-corrected chi connectivity index (χ1v) is 9.49. The van der Waals surface area contributed by atoms with Crippen LogP contribution in [-0.2, 0) is 26.5 Å². The molecule has 0 amide bonds. The third-order valence-electron chi connectivity index (χ3n) is 5.41. The molecule has 1 atom stereocenters. The van der Waals surface area contributed by atoms with Crippen LogP contribution in [-0.4, -0.2) is 9.97 Å². The molecule has 29 heavy (non-hydrogen) atoms. The van der Waals surface area contributed by atoms with Gasteiger partial charge in [-0.15, -0.1) is 83.6 Å². The van der Waals surface area contributed by atoms with Gasteiger partial charge in [-0.2, -0.15) is 12.0 Å². The molecule has 4 aromatic rings. The number of hydrogen-bond acceptors (Lipinski definition) is 2. The normalized spacial score (nSPS) is 17.5. The molecule has 146 valence electrons. The maximum atomic E-state index is 4.95. The summed E-state index contributed by atoms with van der Waals surface area (Å²) >= 11 is 0. The monoisotopic (exact) mass is 554 g/mol. The van der Waals surface area contributed by atoms with Gasteiger partial charge in [-0.1, -0.05) is 31.5 Å². The van der Waals surface area contributed by atoms with E-state index < -0.39 is 0 Å². The molecule has 0 radical (unpaired) electrons. The molecule has 1 unspecified atom stereocenters. The summed E-state index contributed by atoms with van der Waals surface area (Å²) in [5.74, 6) is 1.34. The van der Waals surface area contributed by atoms with Gasteiger partial charge < -0.3 is 9.97 Å². The second-order valence-corrected chi connectivity index (χ2v) is 7.36. The summed E-state index contributed by atoms with van der Waals surface area (Å²) in [5, 5.41) is 0. The Hall–Kier alpha value is -2.70. The zero-order chi connectivity index (χ0) is 19.0. The Labute approximate surface area is 186 Å². The van der Waals surface area contributed by atoms with Gasteiger partial charge in [-0.3, -0.25) is 0 Å². The maximum absolute atomic E-state index is 4.95. The van der Waals surface area contributed by atoms with Crippen LogP contribution in [0.15, 0.2) is 84.9 Å². The molecule has 1 saturated carbocycles. The Bertz CT molecular complexity index is 1110. The van der Waals surface area contributed by atoms with Crippen LogP contribution in [0.2, 0.25) is 0 Å². The topological polar surface area (TPSA) is 25.8 Å². The maximum Gasteiger partial charge on any atom is 0.0218 e. The van der Waals surface area contributed by atoms with Gasteiger partial charge in [0.2, 0.25) is 0 Å². The van der Waals surface area contributed by atoms with E-state index in [9.17, 15) is 0 Å². The van der Waals surface area contributed by atoms with Crippen molar-refractivity contribution in [2.45, 2.75) is 18.8 Å². The second kappa shape index (κ2) is 7.97. The molecular formula is C26H19N2Pt-3. The van der Waals surface area contributed by atoms with Gasteiger partial charge in [0.05, 0.1) is 0 Å². The number of hydrogen-bond donors (Lipinski definition) is 0. The summed E-state index contributed by atoms with van der Waals surface area (Å²) in [5.41, 5.74) is 6.05. The Morgan fingerprint density at radius 1 is 0.759 bits per heavy atom. The van der Waals surface area contributed by atoms with E-state index in [1.54, 1.807) is 0 Å². The van der Waals surface area contributed by atoms with Crippen LogP contribution in [0.5, 0.6) is 0 Å². The van der Waals surface area contributed by atoms with E-state index in [0.717, 1.165) is 40.3 Å². The van der Waals surface area contributed by atoms with Crippen molar-refractivity contribution in [3.63, 3.8) is 0 Å². The number of nitrogens with zero attached hydrogens (tertiary/aromatic N) is 2. The van der Waals surface area contributed by atoms with E-state index >= 15 is 0 Å². The molecule has 2 aromatic carbocycles. The van der Waals surface area contributed by atoms with Crippen molar-refractivity contribution in [1.82, 2.24) is 9.97 Å². The fraction of sp³-hybridized carbons (Fsp3) is 0.115. The largest absolute Gasteiger partial charge is 0.335 e. The summed E-state index contributed by atoms with van der Waals surface area (Å²) in [7, 11) is 0. The first-order valence-electron chi connectivity index (χ1n) is 9.49. The van der Waals surface area contributed by atoms with Crippen LogP contribution >= 0.6 is 0 Å². The molecule has 0 saturated heterocycles. The molecule has 2 heterocycles. The molecule has 1 aliphatic carbocycles. The van der Waals surface area contributed by atoms with E-state index in [2.05, 4.69) is 43.3 Å². The van der Waals surface area contributed by atoms with Crippen molar-refractivity contribution in [3.8, 4) is 22.5 Å². The molecule has 5 rings (SSSR count). The fourth-order valence-corrected chi connectivity index (χ4v) is 3.68. The minimum Gasteiger partial charge on any atom is -0.335 e. The van der Waals surface area contributed by atoms with Crippen LogP contribution in [0, 0.1) is 18.1 Å². The standard InChI is InChI=1S/C26H19N2.Pt/c1-26(25-17-9-15-23(28-25)20-12-6-3-7-13-20)18-21(26)24-16-8-14-22(27-24)19-10-4-2-5-11-19;/h2-10,12,14-17H,18H2,1H3;/q-3;. The molecular weight excluding hydrogens is 535 g/mol. The summed E-state index contributed by atoms with van der Waals surface area (Å²) in [4.78, 5) is 9.85. The van der Waals surface area contributed by atoms with Crippen molar-refractivity contribution in [2.75, 3.05) is 0 Å². The predicted octanol–water partition coefficient (Wildman–Crippen LogP) is 5.69. The summed E-state index contributed by atoms with van der Waals surface area (Å²) in [6.45, 7) is 2.26. The van der Waals surface area contributed by atoms with E-state index in [1.807, 2.05) is 60.7 Å².